The first-order valence-corrected chi connectivity index (χ1v) is 3.90. The van der Waals surface area contributed by atoms with Crippen LogP contribution in [0.5, 0.6) is 0 Å². The predicted molar refractivity (Wildman–Crippen MR) is 42.1 cm³/mol. The summed E-state index contributed by atoms with van der Waals surface area (Å²) in [7, 11) is 0. The molecule has 1 aromatic rings. The molecule has 0 amide bonds. The maximum absolute atomic E-state index is 5.13. The molecule has 1 heterocycles. The van der Waals surface area contributed by atoms with Crippen molar-refractivity contribution in [1.29, 1.82) is 0 Å². The molecule has 2 nitrogen and oxygen atoms in total. The van der Waals surface area contributed by atoms with Crippen molar-refractivity contribution in [3.63, 3.8) is 0 Å². The number of oxazole rings is 1. The van der Waals surface area contributed by atoms with Gasteiger partial charge < -0.3 is 4.42 Å². The standard InChI is InChI=1S/C7H7NOS/c1-4-6-5(2)8-7(9-6)10-3/h1-2H2,3H3. The van der Waals surface area contributed by atoms with Gasteiger partial charge in [-0.15, -0.1) is 0 Å². The Morgan fingerprint density at radius 1 is 1.70 bits per heavy atom. The van der Waals surface area contributed by atoms with Crippen LogP contribution < -0.4 is 10.8 Å². The molecule has 0 aromatic carbocycles. The van der Waals surface area contributed by atoms with Gasteiger partial charge in [0.25, 0.3) is 5.22 Å². The summed E-state index contributed by atoms with van der Waals surface area (Å²) < 4.78 is 5.13. The van der Waals surface area contributed by atoms with Gasteiger partial charge in [0, 0.05) is 0 Å². The minimum absolute atomic E-state index is 0.532. The molecule has 0 aliphatic carbocycles. The zero-order valence-electron chi connectivity index (χ0n) is 5.68. The average Bonchev–Trinajstić information content (AvgIpc) is 2.30. The summed E-state index contributed by atoms with van der Waals surface area (Å²) in [6.45, 7) is 7.07. The van der Waals surface area contributed by atoms with E-state index >= 15 is 0 Å². The van der Waals surface area contributed by atoms with Crippen LogP contribution in [0.4, 0.5) is 0 Å². The van der Waals surface area contributed by atoms with Crippen LogP contribution in [0, 0.1) is 0 Å². The normalized spacial score (nSPS) is 9.30. The van der Waals surface area contributed by atoms with Crippen LogP contribution in [0.1, 0.15) is 0 Å². The molecule has 1 aromatic heterocycles. The molecule has 1 rings (SSSR count). The maximum atomic E-state index is 5.13. The van der Waals surface area contributed by atoms with Crippen molar-refractivity contribution in [3.05, 3.63) is 17.3 Å². The van der Waals surface area contributed by atoms with Crippen molar-refractivity contribution in [2.75, 3.05) is 6.26 Å². The van der Waals surface area contributed by atoms with Gasteiger partial charge in [0.05, 0.1) is 0 Å². The number of rotatable bonds is 1. The molecule has 0 radical (unpaired) electrons. The van der Waals surface area contributed by atoms with Crippen LogP contribution in [-0.2, 0) is 0 Å². The molecule has 52 valence electrons. The monoisotopic (exact) mass is 153 g/mol. The second-order valence-electron chi connectivity index (χ2n) is 1.64. The van der Waals surface area contributed by atoms with Gasteiger partial charge in [0.2, 0.25) is 0 Å². The van der Waals surface area contributed by atoms with E-state index in [9.17, 15) is 0 Å². The Morgan fingerprint density at radius 3 is 2.70 bits per heavy atom. The van der Waals surface area contributed by atoms with Crippen molar-refractivity contribution in [2.45, 2.75) is 5.22 Å². The van der Waals surface area contributed by atoms with Crippen molar-refractivity contribution < 1.29 is 4.42 Å². The lowest BCUT2D eigenvalue weighted by atomic mass is 10.6. The molecule has 0 spiro atoms. The topological polar surface area (TPSA) is 26.0 Å². The number of nitrogens with zero attached hydrogens (tertiary/aromatic N) is 1. The molecular formula is C7H7NOS. The first-order valence-electron chi connectivity index (χ1n) is 2.67. The van der Waals surface area contributed by atoms with Crippen molar-refractivity contribution in [3.8, 4) is 0 Å². The Labute approximate surface area is 63.0 Å². The van der Waals surface area contributed by atoms with Crippen LogP contribution in [0.2, 0.25) is 0 Å². The molecule has 0 unspecified atom stereocenters. The molecule has 0 aliphatic rings. The summed E-state index contributed by atoms with van der Waals surface area (Å²) in [6.07, 6.45) is 1.89. The van der Waals surface area contributed by atoms with Gasteiger partial charge in [-0.05, 0) is 6.26 Å². The van der Waals surface area contributed by atoms with Gasteiger partial charge in [-0.25, -0.2) is 4.98 Å². The summed E-state index contributed by atoms with van der Waals surface area (Å²) in [5, 5.41) is 1.20. The third kappa shape index (κ3) is 1.15. The summed E-state index contributed by atoms with van der Waals surface area (Å²) >= 11 is 1.43. The minimum Gasteiger partial charge on any atom is -0.423 e. The lowest BCUT2D eigenvalue weighted by molar-refractivity contribution is 0.430. The summed E-state index contributed by atoms with van der Waals surface area (Å²) in [5.74, 6) is 0. The van der Waals surface area contributed by atoms with E-state index in [2.05, 4.69) is 23.9 Å². The first-order chi connectivity index (χ1) is 4.77. The van der Waals surface area contributed by atoms with Gasteiger partial charge in [0.1, 0.15) is 5.35 Å². The van der Waals surface area contributed by atoms with Crippen LogP contribution in [-0.4, -0.2) is 11.2 Å². The lowest BCUT2D eigenvalue weighted by Crippen LogP contribution is -2.18. The highest BCUT2D eigenvalue weighted by Gasteiger charge is 1.95. The number of hydrogen-bond acceptors (Lipinski definition) is 3. The third-order valence-corrected chi connectivity index (χ3v) is 1.54. The van der Waals surface area contributed by atoms with E-state index < -0.39 is 0 Å². The molecule has 0 N–H and O–H groups in total. The van der Waals surface area contributed by atoms with E-state index in [1.807, 2.05) is 6.26 Å². The van der Waals surface area contributed by atoms with Crippen molar-refractivity contribution >= 4 is 24.1 Å². The van der Waals surface area contributed by atoms with Crippen LogP contribution in [0.15, 0.2) is 16.2 Å². The number of aromatic nitrogens is 1. The maximum Gasteiger partial charge on any atom is 0.257 e. The second-order valence-corrected chi connectivity index (χ2v) is 2.39. The molecular weight excluding hydrogens is 146 g/mol. The van der Waals surface area contributed by atoms with E-state index in [1.165, 1.54) is 11.8 Å². The molecule has 0 aliphatic heterocycles. The third-order valence-electron chi connectivity index (χ3n) is 1.01. The smallest absolute Gasteiger partial charge is 0.257 e. The molecule has 10 heavy (non-hydrogen) atoms. The molecule has 0 atom stereocenters. The number of thioether (sulfide) groups is 1. The van der Waals surface area contributed by atoms with E-state index in [4.69, 9.17) is 4.42 Å². The highest BCUT2D eigenvalue weighted by Crippen LogP contribution is 2.04. The molecule has 0 saturated heterocycles. The van der Waals surface area contributed by atoms with Gasteiger partial charge >= 0.3 is 0 Å². The van der Waals surface area contributed by atoms with Gasteiger partial charge in [0.15, 0.2) is 5.42 Å². The van der Waals surface area contributed by atoms with Gasteiger partial charge in [-0.1, -0.05) is 30.7 Å². The van der Waals surface area contributed by atoms with E-state index in [0.29, 0.717) is 16.0 Å². The van der Waals surface area contributed by atoms with Crippen LogP contribution in [0.25, 0.3) is 12.3 Å². The molecule has 0 saturated carbocycles. The fourth-order valence-corrected chi connectivity index (χ4v) is 0.924. The SMILES string of the molecule is C=C=c1oc(SC)nc1=C. The van der Waals surface area contributed by atoms with Crippen LogP contribution in [0.3, 0.4) is 0 Å². The molecule has 0 bridgehead atoms. The largest absolute Gasteiger partial charge is 0.423 e. The van der Waals surface area contributed by atoms with E-state index in [0.717, 1.165) is 0 Å². The van der Waals surface area contributed by atoms with Gasteiger partial charge in [-0.2, -0.15) is 0 Å². The summed E-state index contributed by atoms with van der Waals surface area (Å²) in [5.41, 5.74) is 3.13. The zero-order chi connectivity index (χ0) is 7.56. The van der Waals surface area contributed by atoms with Crippen molar-refractivity contribution in [2.24, 2.45) is 0 Å². The molecule has 3 heteroatoms. The Morgan fingerprint density at radius 2 is 2.40 bits per heavy atom. The van der Waals surface area contributed by atoms with Gasteiger partial charge in [-0.3, -0.25) is 0 Å². The van der Waals surface area contributed by atoms with E-state index in [-0.39, 0.29) is 0 Å². The lowest BCUT2D eigenvalue weighted by Gasteiger charge is -1.77. The Bertz CT molecular complexity index is 348. The quantitative estimate of drug-likeness (QED) is 0.545. The Hall–Kier alpha value is -0.920. The fraction of sp³-hybridized carbons (Fsp3) is 0.143. The Balaban J connectivity index is 3.45. The summed E-state index contributed by atoms with van der Waals surface area (Å²) in [6, 6.07) is 0. The fourth-order valence-electron chi connectivity index (χ4n) is 0.555. The van der Waals surface area contributed by atoms with E-state index in [1.54, 1.807) is 0 Å². The first kappa shape index (κ1) is 7.19. The predicted octanol–water partition coefficient (Wildman–Crippen LogP) is 0.372. The molecule has 0 fully saturated rings. The Kier molecular flexibility index (Phi) is 2.00. The van der Waals surface area contributed by atoms with Crippen LogP contribution >= 0.6 is 11.8 Å². The second kappa shape index (κ2) is 2.78. The zero-order valence-corrected chi connectivity index (χ0v) is 6.49. The minimum atomic E-state index is 0.532. The highest BCUT2D eigenvalue weighted by molar-refractivity contribution is 7.98. The number of hydrogen-bond donors (Lipinski definition) is 0. The average molecular weight is 153 g/mol. The highest BCUT2D eigenvalue weighted by atomic mass is 32.2. The van der Waals surface area contributed by atoms with Crippen molar-refractivity contribution in [1.82, 2.24) is 4.98 Å². The summed E-state index contributed by atoms with van der Waals surface area (Å²) in [4.78, 5) is 3.98.